The molecule has 2 aromatic rings. The molecule has 6 heteroatoms. The van der Waals surface area contributed by atoms with Crippen molar-refractivity contribution in [3.8, 4) is 0 Å². The van der Waals surface area contributed by atoms with E-state index in [1.54, 1.807) is 6.92 Å². The number of aryl methyl sites for hydroxylation is 3. The first-order valence-electron chi connectivity index (χ1n) is 7.13. The maximum absolute atomic E-state index is 12.1. The average molecular weight is 289 g/mol. The minimum absolute atomic E-state index is 0.0740. The lowest BCUT2D eigenvalue weighted by Gasteiger charge is -2.21. The van der Waals surface area contributed by atoms with Crippen molar-refractivity contribution in [1.82, 2.24) is 25.1 Å². The van der Waals surface area contributed by atoms with E-state index in [0.717, 1.165) is 17.0 Å². The van der Waals surface area contributed by atoms with Gasteiger partial charge in [-0.15, -0.1) is 0 Å². The van der Waals surface area contributed by atoms with Crippen LogP contribution in [0.15, 0.2) is 11.0 Å². The number of nitrogens with zero attached hydrogens (tertiary/aromatic N) is 3. The van der Waals surface area contributed by atoms with Gasteiger partial charge in [-0.05, 0) is 34.6 Å². The van der Waals surface area contributed by atoms with Crippen LogP contribution in [0.5, 0.6) is 0 Å². The van der Waals surface area contributed by atoms with E-state index in [0.29, 0.717) is 11.4 Å². The zero-order valence-electron chi connectivity index (χ0n) is 13.5. The van der Waals surface area contributed by atoms with E-state index in [1.165, 1.54) is 0 Å². The van der Waals surface area contributed by atoms with Crippen molar-refractivity contribution < 1.29 is 0 Å². The van der Waals surface area contributed by atoms with Gasteiger partial charge in [-0.1, -0.05) is 0 Å². The molecule has 6 nitrogen and oxygen atoms in total. The standard InChI is InChI=1S/C15H23N5O/c1-8(13-7-16-20(6)11(13)4)17-9(2)14-10(3)18-12(5)19-15(14)21/h7-9,17H,1-6H3,(H,18,19,21). The van der Waals surface area contributed by atoms with Crippen molar-refractivity contribution in [2.75, 3.05) is 0 Å². The highest BCUT2D eigenvalue weighted by Crippen LogP contribution is 2.20. The number of nitrogens with one attached hydrogen (secondary N) is 2. The Morgan fingerprint density at radius 3 is 2.43 bits per heavy atom. The van der Waals surface area contributed by atoms with Crippen LogP contribution in [0, 0.1) is 20.8 Å². The molecule has 2 N–H and O–H groups in total. The average Bonchev–Trinajstić information content (AvgIpc) is 2.68. The predicted octanol–water partition coefficient (Wildman–Crippen LogP) is 1.84. The third-order valence-electron chi connectivity index (χ3n) is 3.94. The van der Waals surface area contributed by atoms with Crippen LogP contribution < -0.4 is 10.9 Å². The fourth-order valence-corrected chi connectivity index (χ4v) is 2.73. The summed E-state index contributed by atoms with van der Waals surface area (Å²) in [7, 11) is 1.92. The van der Waals surface area contributed by atoms with E-state index in [4.69, 9.17) is 0 Å². The Morgan fingerprint density at radius 1 is 1.24 bits per heavy atom. The molecule has 0 aliphatic rings. The van der Waals surface area contributed by atoms with Crippen molar-refractivity contribution in [3.05, 3.63) is 44.9 Å². The van der Waals surface area contributed by atoms with Gasteiger partial charge >= 0.3 is 0 Å². The van der Waals surface area contributed by atoms with E-state index in [2.05, 4.69) is 27.3 Å². The molecule has 0 amide bonds. The normalized spacial score (nSPS) is 14.2. The summed E-state index contributed by atoms with van der Waals surface area (Å²) in [5.41, 5.74) is 3.64. The molecule has 0 fully saturated rings. The predicted molar refractivity (Wildman–Crippen MR) is 82.2 cm³/mol. The third kappa shape index (κ3) is 3.05. The Hall–Kier alpha value is -1.95. The van der Waals surface area contributed by atoms with Gasteiger partial charge in [0.05, 0.1) is 11.8 Å². The molecule has 2 rings (SSSR count). The topological polar surface area (TPSA) is 75.6 Å². The highest BCUT2D eigenvalue weighted by Gasteiger charge is 2.19. The smallest absolute Gasteiger partial charge is 0.255 e. The summed E-state index contributed by atoms with van der Waals surface area (Å²) in [6, 6.07) is 0.0188. The van der Waals surface area contributed by atoms with E-state index in [1.807, 2.05) is 38.7 Å². The van der Waals surface area contributed by atoms with Crippen molar-refractivity contribution >= 4 is 0 Å². The van der Waals surface area contributed by atoms with Crippen LogP contribution >= 0.6 is 0 Å². The number of aromatic nitrogens is 4. The lowest BCUT2D eigenvalue weighted by Crippen LogP contribution is -2.29. The summed E-state index contributed by atoms with van der Waals surface area (Å²) in [4.78, 5) is 19.3. The Balaban J connectivity index is 2.24. The number of H-pyrrole nitrogens is 1. The van der Waals surface area contributed by atoms with E-state index >= 15 is 0 Å². The highest BCUT2D eigenvalue weighted by atomic mass is 16.1. The van der Waals surface area contributed by atoms with Gasteiger partial charge in [0, 0.05) is 36.1 Å². The van der Waals surface area contributed by atoms with Crippen molar-refractivity contribution in [1.29, 1.82) is 0 Å². The van der Waals surface area contributed by atoms with Crippen molar-refractivity contribution in [2.45, 2.75) is 46.7 Å². The fourth-order valence-electron chi connectivity index (χ4n) is 2.73. The quantitative estimate of drug-likeness (QED) is 0.900. The second-order valence-electron chi connectivity index (χ2n) is 5.57. The minimum Gasteiger partial charge on any atom is -0.310 e. The molecule has 114 valence electrons. The number of rotatable bonds is 4. The van der Waals surface area contributed by atoms with Gasteiger partial charge in [0.15, 0.2) is 0 Å². The van der Waals surface area contributed by atoms with Crippen LogP contribution in [0.2, 0.25) is 0 Å². The molecule has 0 spiro atoms. The zero-order valence-corrected chi connectivity index (χ0v) is 13.5. The maximum atomic E-state index is 12.1. The first kappa shape index (κ1) is 15.4. The van der Waals surface area contributed by atoms with Gasteiger partial charge in [-0.25, -0.2) is 4.98 Å². The first-order valence-corrected chi connectivity index (χ1v) is 7.13. The van der Waals surface area contributed by atoms with E-state index in [9.17, 15) is 4.79 Å². The van der Waals surface area contributed by atoms with Crippen LogP contribution in [-0.4, -0.2) is 19.7 Å². The van der Waals surface area contributed by atoms with Gasteiger partial charge in [0.2, 0.25) is 0 Å². The molecule has 2 atom stereocenters. The van der Waals surface area contributed by atoms with Gasteiger partial charge < -0.3 is 10.3 Å². The third-order valence-corrected chi connectivity index (χ3v) is 3.94. The zero-order chi connectivity index (χ0) is 15.7. The highest BCUT2D eigenvalue weighted by molar-refractivity contribution is 5.23. The molecule has 0 aliphatic carbocycles. The number of hydrogen-bond donors (Lipinski definition) is 2. The molecule has 2 aromatic heterocycles. The number of hydrogen-bond acceptors (Lipinski definition) is 4. The maximum Gasteiger partial charge on any atom is 0.255 e. The van der Waals surface area contributed by atoms with Crippen LogP contribution in [0.25, 0.3) is 0 Å². The van der Waals surface area contributed by atoms with E-state index in [-0.39, 0.29) is 17.6 Å². The van der Waals surface area contributed by atoms with Crippen LogP contribution in [-0.2, 0) is 7.05 Å². The number of aromatic amines is 1. The van der Waals surface area contributed by atoms with Gasteiger partial charge in [0.25, 0.3) is 5.56 Å². The molecule has 0 aromatic carbocycles. The molecule has 2 unspecified atom stereocenters. The van der Waals surface area contributed by atoms with Crippen LogP contribution in [0.3, 0.4) is 0 Å². The van der Waals surface area contributed by atoms with E-state index < -0.39 is 0 Å². The lowest BCUT2D eigenvalue weighted by atomic mass is 10.0. The summed E-state index contributed by atoms with van der Waals surface area (Å²) in [6.07, 6.45) is 1.87. The summed E-state index contributed by atoms with van der Waals surface area (Å²) in [5.74, 6) is 0.643. The van der Waals surface area contributed by atoms with Crippen molar-refractivity contribution in [3.63, 3.8) is 0 Å². The lowest BCUT2D eigenvalue weighted by molar-refractivity contribution is 0.485. The van der Waals surface area contributed by atoms with Gasteiger partial charge in [-0.3, -0.25) is 9.48 Å². The molecule has 0 aliphatic heterocycles. The van der Waals surface area contributed by atoms with Crippen molar-refractivity contribution in [2.24, 2.45) is 7.05 Å². The monoisotopic (exact) mass is 289 g/mol. The summed E-state index contributed by atoms with van der Waals surface area (Å²) >= 11 is 0. The SMILES string of the molecule is Cc1nc(C)c(C(C)NC(C)c2cnn(C)c2C)c(=O)[nH]1. The molecule has 0 radical (unpaired) electrons. The molecule has 0 saturated carbocycles. The fraction of sp³-hybridized carbons (Fsp3) is 0.533. The molecule has 2 heterocycles. The second-order valence-corrected chi connectivity index (χ2v) is 5.57. The Kier molecular flexibility index (Phi) is 4.27. The summed E-state index contributed by atoms with van der Waals surface area (Å²) < 4.78 is 1.85. The van der Waals surface area contributed by atoms with Crippen LogP contribution in [0.1, 0.15) is 54.3 Å². The van der Waals surface area contributed by atoms with Gasteiger partial charge in [-0.2, -0.15) is 5.10 Å². The largest absolute Gasteiger partial charge is 0.310 e. The summed E-state index contributed by atoms with van der Waals surface area (Å²) in [5, 5.41) is 7.71. The molecular formula is C15H23N5O. The Morgan fingerprint density at radius 2 is 1.90 bits per heavy atom. The Bertz CT molecular complexity index is 701. The first-order chi connectivity index (χ1) is 9.81. The molecule has 21 heavy (non-hydrogen) atoms. The second kappa shape index (κ2) is 5.81. The Labute approximate surface area is 124 Å². The van der Waals surface area contributed by atoms with Crippen LogP contribution in [0.4, 0.5) is 0 Å². The molecule has 0 bridgehead atoms. The molecular weight excluding hydrogens is 266 g/mol. The summed E-state index contributed by atoms with van der Waals surface area (Å²) in [6.45, 7) is 9.76. The minimum atomic E-state index is -0.0866. The van der Waals surface area contributed by atoms with Gasteiger partial charge in [0.1, 0.15) is 5.82 Å². The molecule has 0 saturated heterocycles.